The zero-order chi connectivity index (χ0) is 16.4. The van der Waals surface area contributed by atoms with Gasteiger partial charge in [-0.1, -0.05) is 0 Å². The number of alkyl carbamates (subject to hydrolysis) is 1. The van der Waals surface area contributed by atoms with E-state index >= 15 is 0 Å². The SMILES string of the molecule is CC(C)(C)OC(=O)NC1CC12CCC(NCC(O)CO)CC2. The summed E-state index contributed by atoms with van der Waals surface area (Å²) < 4.78 is 5.31. The standard InChI is InChI=1S/C16H30N2O4/c1-15(2,3)22-14(21)18-13-8-16(13)6-4-11(5-7-16)17-9-12(20)10-19/h11-13,17,19-20H,4-10H2,1-3H3,(H,18,21). The molecule has 0 aromatic rings. The number of aliphatic hydroxyl groups excluding tert-OH is 2. The first-order chi connectivity index (χ1) is 10.2. The van der Waals surface area contributed by atoms with Crippen molar-refractivity contribution in [2.75, 3.05) is 13.2 Å². The van der Waals surface area contributed by atoms with Crippen molar-refractivity contribution in [3.8, 4) is 0 Å². The predicted octanol–water partition coefficient (Wildman–Crippen LogP) is 1.16. The maximum absolute atomic E-state index is 11.8. The monoisotopic (exact) mass is 314 g/mol. The number of amides is 1. The van der Waals surface area contributed by atoms with E-state index in [0.29, 0.717) is 12.6 Å². The largest absolute Gasteiger partial charge is 0.444 e. The van der Waals surface area contributed by atoms with Crippen LogP contribution in [-0.2, 0) is 4.74 Å². The van der Waals surface area contributed by atoms with E-state index in [9.17, 15) is 9.90 Å². The average molecular weight is 314 g/mol. The highest BCUT2D eigenvalue weighted by molar-refractivity contribution is 5.68. The Morgan fingerprint density at radius 3 is 2.55 bits per heavy atom. The van der Waals surface area contributed by atoms with Crippen molar-refractivity contribution in [3.63, 3.8) is 0 Å². The Kier molecular flexibility index (Phi) is 5.35. The van der Waals surface area contributed by atoms with Gasteiger partial charge in [-0.05, 0) is 58.3 Å². The highest BCUT2D eigenvalue weighted by Gasteiger charge is 2.55. The topological polar surface area (TPSA) is 90.8 Å². The molecule has 2 unspecified atom stereocenters. The third-order valence-electron chi connectivity index (χ3n) is 4.71. The van der Waals surface area contributed by atoms with Gasteiger partial charge in [0, 0.05) is 18.6 Å². The molecule has 0 heterocycles. The van der Waals surface area contributed by atoms with Crippen LogP contribution in [0.2, 0.25) is 0 Å². The van der Waals surface area contributed by atoms with Gasteiger partial charge in [0.15, 0.2) is 0 Å². The molecule has 6 nitrogen and oxygen atoms in total. The Morgan fingerprint density at radius 2 is 2.00 bits per heavy atom. The minimum absolute atomic E-state index is 0.203. The van der Waals surface area contributed by atoms with Gasteiger partial charge in [0.05, 0.1) is 12.7 Å². The summed E-state index contributed by atoms with van der Waals surface area (Å²) in [6.45, 7) is 5.84. The number of nitrogens with one attached hydrogen (secondary N) is 2. The second-order valence-electron chi connectivity index (χ2n) is 7.78. The van der Waals surface area contributed by atoms with Gasteiger partial charge >= 0.3 is 6.09 Å². The molecule has 2 saturated carbocycles. The fourth-order valence-electron chi connectivity index (χ4n) is 3.32. The average Bonchev–Trinajstić information content (AvgIpc) is 3.07. The third kappa shape index (κ3) is 4.83. The molecule has 22 heavy (non-hydrogen) atoms. The van der Waals surface area contributed by atoms with Crippen LogP contribution in [0.5, 0.6) is 0 Å². The van der Waals surface area contributed by atoms with E-state index in [1.165, 1.54) is 0 Å². The zero-order valence-corrected chi connectivity index (χ0v) is 13.9. The summed E-state index contributed by atoms with van der Waals surface area (Å²) in [5.41, 5.74) is -0.202. The van der Waals surface area contributed by atoms with Crippen LogP contribution < -0.4 is 10.6 Å². The van der Waals surface area contributed by atoms with Crippen LogP contribution in [0.25, 0.3) is 0 Å². The third-order valence-corrected chi connectivity index (χ3v) is 4.71. The molecule has 2 aliphatic carbocycles. The summed E-state index contributed by atoms with van der Waals surface area (Å²) >= 11 is 0. The second-order valence-corrected chi connectivity index (χ2v) is 7.78. The highest BCUT2D eigenvalue weighted by atomic mass is 16.6. The van der Waals surface area contributed by atoms with E-state index in [1.54, 1.807) is 0 Å². The van der Waals surface area contributed by atoms with Crippen molar-refractivity contribution in [2.24, 2.45) is 5.41 Å². The van der Waals surface area contributed by atoms with Gasteiger partial charge in [0.2, 0.25) is 0 Å². The number of carbonyl (C=O) groups excluding carboxylic acids is 1. The number of ether oxygens (including phenoxy) is 1. The minimum Gasteiger partial charge on any atom is -0.444 e. The van der Waals surface area contributed by atoms with Crippen molar-refractivity contribution >= 4 is 6.09 Å². The van der Waals surface area contributed by atoms with Gasteiger partial charge in [-0.25, -0.2) is 4.79 Å². The van der Waals surface area contributed by atoms with Crippen LogP contribution in [0, 0.1) is 5.41 Å². The molecule has 0 bridgehead atoms. The van der Waals surface area contributed by atoms with Crippen LogP contribution in [0.3, 0.4) is 0 Å². The zero-order valence-electron chi connectivity index (χ0n) is 13.9. The van der Waals surface area contributed by atoms with Gasteiger partial charge < -0.3 is 25.6 Å². The molecule has 0 aliphatic heterocycles. The fourth-order valence-corrected chi connectivity index (χ4v) is 3.32. The van der Waals surface area contributed by atoms with Crippen LogP contribution in [0.1, 0.15) is 52.9 Å². The van der Waals surface area contributed by atoms with Gasteiger partial charge in [-0.3, -0.25) is 0 Å². The Hall–Kier alpha value is -0.850. The first-order valence-electron chi connectivity index (χ1n) is 8.26. The maximum Gasteiger partial charge on any atom is 0.407 e. The fraction of sp³-hybridized carbons (Fsp3) is 0.938. The van der Waals surface area contributed by atoms with E-state index in [4.69, 9.17) is 9.84 Å². The van der Waals surface area contributed by atoms with Crippen LogP contribution in [-0.4, -0.2) is 53.2 Å². The molecule has 2 rings (SSSR count). The van der Waals surface area contributed by atoms with E-state index < -0.39 is 11.7 Å². The number of carbonyl (C=O) groups is 1. The predicted molar refractivity (Wildman–Crippen MR) is 83.6 cm³/mol. The summed E-state index contributed by atoms with van der Waals surface area (Å²) in [6.07, 6.45) is 4.30. The van der Waals surface area contributed by atoms with Crippen LogP contribution in [0.4, 0.5) is 4.79 Å². The molecule has 6 heteroatoms. The lowest BCUT2D eigenvalue weighted by Crippen LogP contribution is -2.41. The Labute approximate surface area is 132 Å². The molecule has 0 radical (unpaired) electrons. The quantitative estimate of drug-likeness (QED) is 0.611. The van der Waals surface area contributed by atoms with Crippen LogP contribution in [0.15, 0.2) is 0 Å². The second kappa shape index (κ2) is 6.72. The number of aliphatic hydroxyl groups is 2. The van der Waals surface area contributed by atoms with Crippen molar-refractivity contribution in [2.45, 2.75) is 76.7 Å². The molecule has 0 aromatic carbocycles. The normalized spacial score (nSPS) is 32.6. The Morgan fingerprint density at radius 1 is 1.36 bits per heavy atom. The number of rotatable bonds is 5. The van der Waals surface area contributed by atoms with Crippen molar-refractivity contribution in [1.82, 2.24) is 10.6 Å². The molecule has 2 aliphatic rings. The van der Waals surface area contributed by atoms with Gasteiger partial charge in [-0.2, -0.15) is 0 Å². The molecule has 0 saturated heterocycles. The molecule has 4 N–H and O–H groups in total. The Balaban J connectivity index is 1.68. The molecule has 0 aromatic heterocycles. The first kappa shape index (κ1) is 17.5. The smallest absolute Gasteiger partial charge is 0.407 e. The van der Waals surface area contributed by atoms with E-state index in [-0.39, 0.29) is 24.2 Å². The lowest BCUT2D eigenvalue weighted by Gasteiger charge is -2.31. The summed E-state index contributed by atoms with van der Waals surface area (Å²) in [7, 11) is 0. The number of hydrogen-bond acceptors (Lipinski definition) is 5. The molecule has 2 fully saturated rings. The van der Waals surface area contributed by atoms with Crippen LogP contribution >= 0.6 is 0 Å². The van der Waals surface area contributed by atoms with Gasteiger partial charge in [-0.15, -0.1) is 0 Å². The van der Waals surface area contributed by atoms with E-state index in [1.807, 2.05) is 20.8 Å². The molecular formula is C16H30N2O4. The summed E-state index contributed by atoms with van der Waals surface area (Å²) in [5.74, 6) is 0. The minimum atomic E-state index is -0.682. The maximum atomic E-state index is 11.8. The van der Waals surface area contributed by atoms with Crippen molar-refractivity contribution in [3.05, 3.63) is 0 Å². The molecular weight excluding hydrogens is 284 g/mol. The van der Waals surface area contributed by atoms with E-state index in [2.05, 4.69) is 10.6 Å². The highest BCUT2D eigenvalue weighted by Crippen LogP contribution is 2.56. The lowest BCUT2D eigenvalue weighted by molar-refractivity contribution is 0.0511. The summed E-state index contributed by atoms with van der Waals surface area (Å²) in [6, 6.07) is 0.640. The van der Waals surface area contributed by atoms with E-state index in [0.717, 1.165) is 32.1 Å². The van der Waals surface area contributed by atoms with Crippen molar-refractivity contribution < 1.29 is 19.7 Å². The summed E-state index contributed by atoms with van der Waals surface area (Å²) in [5, 5.41) is 24.5. The molecule has 2 atom stereocenters. The Bertz CT molecular complexity index is 386. The molecule has 128 valence electrons. The number of hydrogen-bond donors (Lipinski definition) is 4. The molecule has 1 amide bonds. The van der Waals surface area contributed by atoms with Gasteiger partial charge in [0.25, 0.3) is 0 Å². The first-order valence-corrected chi connectivity index (χ1v) is 8.26. The van der Waals surface area contributed by atoms with Crippen molar-refractivity contribution in [1.29, 1.82) is 0 Å². The molecule has 1 spiro atoms. The van der Waals surface area contributed by atoms with Gasteiger partial charge in [0.1, 0.15) is 5.60 Å². The lowest BCUT2D eigenvalue weighted by atomic mass is 9.82. The summed E-state index contributed by atoms with van der Waals surface area (Å²) in [4.78, 5) is 11.8.